The number of carboxylic acids is 1. The molecule has 1 atom stereocenters. The number of benzene rings is 3. The Balaban J connectivity index is 1.77. The number of hydrogen-bond donors (Lipinski definition) is 4. The van der Waals surface area contributed by atoms with Crippen LogP contribution in [0.2, 0.25) is 0 Å². The molecule has 3 aromatic carbocycles. The van der Waals surface area contributed by atoms with E-state index in [0.29, 0.717) is 11.5 Å². The molecule has 8 heteroatoms. The van der Waals surface area contributed by atoms with Gasteiger partial charge in [0.15, 0.2) is 0 Å². The summed E-state index contributed by atoms with van der Waals surface area (Å²) in [5.74, 6) is -0.807. The number of nitrogens with two attached hydrogens (primary N) is 1. The highest BCUT2D eigenvalue weighted by Crippen LogP contribution is 2.40. The van der Waals surface area contributed by atoms with E-state index in [-0.39, 0.29) is 18.9 Å². The van der Waals surface area contributed by atoms with Crippen LogP contribution >= 0.6 is 15.9 Å². The van der Waals surface area contributed by atoms with Gasteiger partial charge in [-0.3, -0.25) is 9.59 Å². The van der Waals surface area contributed by atoms with Crippen molar-refractivity contribution >= 4 is 33.8 Å². The molecule has 0 saturated heterocycles. The number of hydrogen-bond acceptors (Lipinski definition) is 3. The van der Waals surface area contributed by atoms with E-state index in [9.17, 15) is 14.4 Å². The molecule has 1 aliphatic carbocycles. The lowest BCUT2D eigenvalue weighted by molar-refractivity contribution is -0.136. The molecule has 1 saturated carbocycles. The van der Waals surface area contributed by atoms with E-state index in [1.54, 1.807) is 24.3 Å². The number of amides is 3. The summed E-state index contributed by atoms with van der Waals surface area (Å²) in [7, 11) is 0. The Labute approximate surface area is 231 Å². The molecule has 3 amide bonds. The van der Waals surface area contributed by atoms with Crippen LogP contribution in [-0.2, 0) is 10.3 Å². The number of carbonyl (C=O) groups is 3. The van der Waals surface area contributed by atoms with Crippen LogP contribution in [0.5, 0.6) is 0 Å². The van der Waals surface area contributed by atoms with Gasteiger partial charge in [-0.1, -0.05) is 83.7 Å². The standard InChI is InChI=1S/C30H32BrN3O4/c31-26-8-4-7-25(19-26)30(34-29(32)38,23-13-9-21(10-14-23)20-5-2-1-3-6-20)24-15-11-22(12-16-24)28(37)33-18-17-27(35)36/h4,7-16,19-20H,1-3,5-6,17-18H2,(H,33,37)(H,35,36)(H3,32,34,38). The topological polar surface area (TPSA) is 122 Å². The Morgan fingerprint density at radius 1 is 0.895 bits per heavy atom. The highest BCUT2D eigenvalue weighted by Gasteiger charge is 2.38. The Morgan fingerprint density at radius 2 is 1.53 bits per heavy atom. The van der Waals surface area contributed by atoms with Gasteiger partial charge in [-0.15, -0.1) is 0 Å². The van der Waals surface area contributed by atoms with Crippen molar-refractivity contribution in [2.45, 2.75) is 50.0 Å². The second-order valence-corrected chi connectivity index (χ2v) is 10.6. The smallest absolute Gasteiger partial charge is 0.313 e. The van der Waals surface area contributed by atoms with Crippen molar-refractivity contribution in [1.29, 1.82) is 0 Å². The molecular formula is C30H32BrN3O4. The number of nitrogens with one attached hydrogen (secondary N) is 2. The first-order valence-corrected chi connectivity index (χ1v) is 13.6. The maximum Gasteiger partial charge on any atom is 0.313 e. The van der Waals surface area contributed by atoms with E-state index in [4.69, 9.17) is 10.8 Å². The Hall–Kier alpha value is -3.65. The monoisotopic (exact) mass is 577 g/mol. The van der Waals surface area contributed by atoms with Crippen molar-refractivity contribution in [3.63, 3.8) is 0 Å². The van der Waals surface area contributed by atoms with E-state index >= 15 is 0 Å². The zero-order chi connectivity index (χ0) is 27.1. The molecule has 0 aliphatic heterocycles. The molecule has 0 bridgehead atoms. The van der Waals surface area contributed by atoms with Gasteiger partial charge in [0.1, 0.15) is 5.54 Å². The molecule has 0 spiro atoms. The predicted molar refractivity (Wildman–Crippen MR) is 150 cm³/mol. The van der Waals surface area contributed by atoms with E-state index in [1.807, 2.05) is 36.4 Å². The van der Waals surface area contributed by atoms with Gasteiger partial charge in [0.25, 0.3) is 5.91 Å². The molecule has 7 nitrogen and oxygen atoms in total. The molecule has 1 fully saturated rings. The largest absolute Gasteiger partial charge is 0.481 e. The molecular weight excluding hydrogens is 546 g/mol. The minimum Gasteiger partial charge on any atom is -0.481 e. The van der Waals surface area contributed by atoms with Gasteiger partial charge in [0.05, 0.1) is 6.42 Å². The average molecular weight is 579 g/mol. The first-order chi connectivity index (χ1) is 18.3. The van der Waals surface area contributed by atoms with Crippen molar-refractivity contribution in [3.8, 4) is 0 Å². The van der Waals surface area contributed by atoms with Crippen LogP contribution in [0.15, 0.2) is 77.3 Å². The zero-order valence-electron chi connectivity index (χ0n) is 21.1. The summed E-state index contributed by atoms with van der Waals surface area (Å²) in [5.41, 5.74) is 8.69. The number of carboxylic acid groups (broad SMARTS) is 1. The fourth-order valence-electron chi connectivity index (χ4n) is 5.32. The molecule has 5 N–H and O–H groups in total. The van der Waals surface area contributed by atoms with E-state index in [2.05, 4.69) is 38.7 Å². The molecule has 198 valence electrons. The third kappa shape index (κ3) is 6.25. The minimum atomic E-state index is -1.11. The first-order valence-electron chi connectivity index (χ1n) is 12.8. The Kier molecular flexibility index (Phi) is 8.84. The zero-order valence-corrected chi connectivity index (χ0v) is 22.7. The third-order valence-electron chi connectivity index (χ3n) is 7.19. The molecule has 0 radical (unpaired) electrons. The quantitative estimate of drug-likeness (QED) is 0.245. The van der Waals surface area contributed by atoms with Gasteiger partial charge in [-0.2, -0.15) is 0 Å². The van der Waals surface area contributed by atoms with Gasteiger partial charge in [0, 0.05) is 16.6 Å². The lowest BCUT2D eigenvalue weighted by Crippen LogP contribution is -2.50. The third-order valence-corrected chi connectivity index (χ3v) is 7.69. The molecule has 4 rings (SSSR count). The van der Waals surface area contributed by atoms with Gasteiger partial charge in [0.2, 0.25) is 0 Å². The van der Waals surface area contributed by atoms with Crippen molar-refractivity contribution in [3.05, 3.63) is 105 Å². The van der Waals surface area contributed by atoms with Crippen LogP contribution in [0.25, 0.3) is 0 Å². The first kappa shape index (κ1) is 27.4. The van der Waals surface area contributed by atoms with Crippen LogP contribution in [-0.4, -0.2) is 29.6 Å². The van der Waals surface area contributed by atoms with E-state index in [0.717, 1.165) is 21.2 Å². The van der Waals surface area contributed by atoms with Crippen LogP contribution in [0.4, 0.5) is 4.79 Å². The fraction of sp³-hybridized carbons (Fsp3) is 0.300. The van der Waals surface area contributed by atoms with E-state index in [1.165, 1.54) is 37.7 Å². The Morgan fingerprint density at radius 3 is 2.11 bits per heavy atom. The molecule has 3 aromatic rings. The highest BCUT2D eigenvalue weighted by atomic mass is 79.9. The van der Waals surface area contributed by atoms with Gasteiger partial charge in [-0.05, 0) is 65.3 Å². The van der Waals surface area contributed by atoms with Crippen molar-refractivity contribution in [2.24, 2.45) is 5.73 Å². The maximum atomic E-state index is 12.5. The van der Waals surface area contributed by atoms with Gasteiger partial charge in [-0.25, -0.2) is 4.79 Å². The summed E-state index contributed by atoms with van der Waals surface area (Å²) in [5, 5.41) is 14.5. The number of urea groups is 1. The number of carbonyl (C=O) groups excluding carboxylic acids is 2. The molecule has 1 aliphatic rings. The lowest BCUT2D eigenvalue weighted by atomic mass is 9.75. The number of aliphatic carboxylic acids is 1. The number of halogens is 1. The van der Waals surface area contributed by atoms with E-state index < -0.39 is 17.5 Å². The fourth-order valence-corrected chi connectivity index (χ4v) is 5.72. The summed E-state index contributed by atoms with van der Waals surface area (Å²) in [6, 6.07) is 22.3. The van der Waals surface area contributed by atoms with Crippen molar-refractivity contribution < 1.29 is 19.5 Å². The normalized spacial score (nSPS) is 15.3. The predicted octanol–water partition coefficient (Wildman–Crippen LogP) is 5.66. The van der Waals surface area contributed by atoms with Crippen LogP contribution in [0.3, 0.4) is 0 Å². The van der Waals surface area contributed by atoms with Crippen LogP contribution in [0.1, 0.15) is 77.1 Å². The number of rotatable bonds is 9. The lowest BCUT2D eigenvalue weighted by Gasteiger charge is -2.36. The summed E-state index contributed by atoms with van der Waals surface area (Å²) in [4.78, 5) is 35.8. The van der Waals surface area contributed by atoms with Crippen molar-refractivity contribution in [2.75, 3.05) is 6.54 Å². The molecule has 0 heterocycles. The van der Waals surface area contributed by atoms with Crippen molar-refractivity contribution in [1.82, 2.24) is 10.6 Å². The highest BCUT2D eigenvalue weighted by molar-refractivity contribution is 9.10. The molecule has 1 unspecified atom stereocenters. The summed E-state index contributed by atoms with van der Waals surface area (Å²) in [6.07, 6.45) is 5.99. The summed E-state index contributed by atoms with van der Waals surface area (Å²) < 4.78 is 0.846. The SMILES string of the molecule is NC(=O)NC(c1ccc(C(=O)NCCC(=O)O)cc1)(c1ccc(C2CCCCC2)cc1)c1cccc(Br)c1. The minimum absolute atomic E-state index is 0.0362. The number of primary amides is 1. The summed E-state index contributed by atoms with van der Waals surface area (Å²) in [6.45, 7) is 0.0362. The van der Waals surface area contributed by atoms with Crippen LogP contribution < -0.4 is 16.4 Å². The average Bonchev–Trinajstić information content (AvgIpc) is 2.92. The Bertz CT molecular complexity index is 1290. The maximum absolute atomic E-state index is 12.5. The molecule has 38 heavy (non-hydrogen) atoms. The summed E-state index contributed by atoms with van der Waals surface area (Å²) >= 11 is 3.56. The van der Waals surface area contributed by atoms with Gasteiger partial charge < -0.3 is 21.5 Å². The second kappa shape index (κ2) is 12.3. The van der Waals surface area contributed by atoms with Gasteiger partial charge >= 0.3 is 12.0 Å². The molecule has 0 aromatic heterocycles. The second-order valence-electron chi connectivity index (χ2n) is 9.68. The van der Waals surface area contributed by atoms with Crippen LogP contribution in [0, 0.1) is 0 Å².